The van der Waals surface area contributed by atoms with Gasteiger partial charge in [-0.1, -0.05) is 0 Å². The highest BCUT2D eigenvalue weighted by Crippen LogP contribution is 2.44. The zero-order valence-electron chi connectivity index (χ0n) is 24.7. The molecule has 13 heteroatoms. The average Bonchev–Trinajstić information content (AvgIpc) is 2.72. The molecule has 9 unspecified atom stereocenters. The van der Waals surface area contributed by atoms with Gasteiger partial charge in [0.15, 0.2) is 56.6 Å². The highest BCUT2D eigenvalue weighted by molar-refractivity contribution is 7.41. The van der Waals surface area contributed by atoms with E-state index >= 15 is 0 Å². The van der Waals surface area contributed by atoms with Gasteiger partial charge in [0.1, 0.15) is 0 Å². The van der Waals surface area contributed by atoms with E-state index in [0.717, 1.165) is 0 Å². The van der Waals surface area contributed by atoms with Crippen molar-refractivity contribution in [3.8, 4) is 0 Å². The number of hydrogen-bond donors (Lipinski definition) is 0. The van der Waals surface area contributed by atoms with Crippen LogP contribution in [0.2, 0.25) is 0 Å². The first kappa shape index (κ1) is 37.0. The summed E-state index contributed by atoms with van der Waals surface area (Å²) in [6.07, 6.45) is -5.31. The second-order valence-corrected chi connectivity index (χ2v) is 8.91. The van der Waals surface area contributed by atoms with Gasteiger partial charge >= 0.3 is 8.60 Å². The fourth-order valence-corrected chi connectivity index (χ4v) is 4.08. The quantitative estimate of drug-likeness (QED) is 0.108. The van der Waals surface area contributed by atoms with Gasteiger partial charge in [0.05, 0.1) is 0 Å². The van der Waals surface area contributed by atoms with Gasteiger partial charge < -0.3 is 42.6 Å². The summed E-state index contributed by atoms with van der Waals surface area (Å²) in [5, 5.41) is 0. The Labute approximate surface area is 224 Å². The SMILES string of the molecule is CCOC(C)OC(C)OC(C)OP(OC(C)OC(C)OC(C)OCC)OC(C)OC(C)OC(C)OCC. The summed E-state index contributed by atoms with van der Waals surface area (Å²) in [5.74, 6) is 0. The average molecular weight is 563 g/mol. The van der Waals surface area contributed by atoms with E-state index in [0.29, 0.717) is 19.8 Å². The fourth-order valence-electron chi connectivity index (χ4n) is 3.05. The molecule has 0 N–H and O–H groups in total. The van der Waals surface area contributed by atoms with Crippen molar-refractivity contribution in [3.63, 3.8) is 0 Å². The molecule has 9 atom stereocenters. The molecule has 0 saturated carbocycles. The predicted molar refractivity (Wildman–Crippen MR) is 137 cm³/mol. The lowest BCUT2D eigenvalue weighted by Gasteiger charge is -2.29. The maximum Gasteiger partial charge on any atom is 0.339 e. The van der Waals surface area contributed by atoms with Gasteiger partial charge in [-0.15, -0.1) is 0 Å². The van der Waals surface area contributed by atoms with E-state index in [1.54, 1.807) is 62.3 Å². The Balaban J connectivity index is 5.03. The van der Waals surface area contributed by atoms with Crippen LogP contribution < -0.4 is 0 Å². The van der Waals surface area contributed by atoms with Crippen molar-refractivity contribution in [3.05, 3.63) is 0 Å². The van der Waals surface area contributed by atoms with E-state index in [9.17, 15) is 0 Å². The third-order valence-corrected chi connectivity index (χ3v) is 5.61. The molecule has 0 amide bonds. The van der Waals surface area contributed by atoms with Gasteiger partial charge in [0, 0.05) is 19.8 Å². The van der Waals surface area contributed by atoms with Crippen LogP contribution in [0.1, 0.15) is 83.1 Å². The lowest BCUT2D eigenvalue weighted by Crippen LogP contribution is -2.29. The van der Waals surface area contributed by atoms with Crippen molar-refractivity contribution >= 4 is 8.60 Å². The molecule has 224 valence electrons. The summed E-state index contributed by atoms with van der Waals surface area (Å²) in [5.41, 5.74) is 0. The summed E-state index contributed by atoms with van der Waals surface area (Å²) in [7, 11) is -1.99. The number of hydrogen-bond acceptors (Lipinski definition) is 12. The van der Waals surface area contributed by atoms with E-state index in [-0.39, 0.29) is 0 Å². The van der Waals surface area contributed by atoms with Gasteiger partial charge in [-0.25, -0.2) is 0 Å². The Morgan fingerprint density at radius 2 is 0.568 bits per heavy atom. The molecular formula is C24H51O12P. The second-order valence-electron chi connectivity index (χ2n) is 7.83. The van der Waals surface area contributed by atoms with E-state index in [1.807, 2.05) is 20.8 Å². The molecule has 0 aliphatic heterocycles. The molecule has 0 heterocycles. The van der Waals surface area contributed by atoms with Crippen molar-refractivity contribution in [2.75, 3.05) is 19.8 Å². The Bertz CT molecular complexity index is 463. The molecule has 0 fully saturated rings. The van der Waals surface area contributed by atoms with Crippen molar-refractivity contribution in [1.82, 2.24) is 0 Å². The lowest BCUT2D eigenvalue weighted by atomic mass is 10.6. The van der Waals surface area contributed by atoms with Crippen molar-refractivity contribution in [2.45, 2.75) is 140 Å². The Hall–Kier alpha value is -0.0500. The lowest BCUT2D eigenvalue weighted by molar-refractivity contribution is -0.280. The molecule has 0 spiro atoms. The molecule has 0 aromatic rings. The predicted octanol–water partition coefficient (Wildman–Crippen LogP) is 5.59. The number of rotatable bonds is 24. The Morgan fingerprint density at radius 3 is 0.784 bits per heavy atom. The van der Waals surface area contributed by atoms with Gasteiger partial charge in [-0.2, -0.15) is 0 Å². The highest BCUT2D eigenvalue weighted by Gasteiger charge is 2.27. The fraction of sp³-hybridized carbons (Fsp3) is 1.00. The number of ether oxygens (including phenoxy) is 9. The topological polar surface area (TPSA) is 111 Å². The molecule has 0 rings (SSSR count). The minimum atomic E-state index is -1.99. The molecule has 0 bridgehead atoms. The van der Waals surface area contributed by atoms with E-state index in [4.69, 9.17) is 56.2 Å². The Kier molecular flexibility index (Phi) is 21.7. The zero-order valence-corrected chi connectivity index (χ0v) is 25.6. The normalized spacial score (nSPS) is 20.4. The largest absolute Gasteiger partial charge is 0.353 e. The van der Waals surface area contributed by atoms with Crippen molar-refractivity contribution in [1.29, 1.82) is 0 Å². The first-order valence-electron chi connectivity index (χ1n) is 13.0. The Morgan fingerprint density at radius 1 is 0.351 bits per heavy atom. The van der Waals surface area contributed by atoms with Gasteiger partial charge in [0.25, 0.3) is 0 Å². The van der Waals surface area contributed by atoms with Crippen LogP contribution in [-0.2, 0) is 56.2 Å². The minimum Gasteiger partial charge on any atom is -0.353 e. The molecule has 12 nitrogen and oxygen atoms in total. The van der Waals surface area contributed by atoms with Crippen LogP contribution in [0, 0.1) is 0 Å². The molecule has 0 aliphatic rings. The first-order valence-corrected chi connectivity index (χ1v) is 14.1. The molecule has 0 radical (unpaired) electrons. The van der Waals surface area contributed by atoms with Crippen molar-refractivity contribution in [2.24, 2.45) is 0 Å². The summed E-state index contributed by atoms with van der Waals surface area (Å²) < 4.78 is 67.9. The van der Waals surface area contributed by atoms with Crippen LogP contribution in [0.4, 0.5) is 0 Å². The summed E-state index contributed by atoms with van der Waals surface area (Å²) in [6.45, 7) is 23.0. The summed E-state index contributed by atoms with van der Waals surface area (Å²) in [4.78, 5) is 0. The standard InChI is InChI=1S/C24H51O12P/c1-13-25-16(4)28-19(7)31-22(10)34-37(35-23(11)32-20(8)29-17(5)26-14-2)36-24(12)33-21(9)30-18(6)27-15-3/h16-24H,13-15H2,1-12H3. The smallest absolute Gasteiger partial charge is 0.339 e. The molecule has 0 aromatic carbocycles. The minimum absolute atomic E-state index is 0.427. The van der Waals surface area contributed by atoms with E-state index in [1.165, 1.54) is 0 Å². The van der Waals surface area contributed by atoms with Crippen LogP contribution >= 0.6 is 8.60 Å². The van der Waals surface area contributed by atoms with Gasteiger partial charge in [-0.05, 0) is 83.1 Å². The molecule has 0 aromatic heterocycles. The van der Waals surface area contributed by atoms with Crippen LogP contribution in [-0.4, -0.2) is 76.4 Å². The van der Waals surface area contributed by atoms with E-state index in [2.05, 4.69) is 0 Å². The highest BCUT2D eigenvalue weighted by atomic mass is 31.2. The van der Waals surface area contributed by atoms with Gasteiger partial charge in [-0.3, -0.25) is 13.6 Å². The molecular weight excluding hydrogens is 511 g/mol. The molecule has 0 aliphatic carbocycles. The maximum atomic E-state index is 5.89. The van der Waals surface area contributed by atoms with Crippen LogP contribution in [0.15, 0.2) is 0 Å². The third-order valence-electron chi connectivity index (χ3n) is 4.21. The van der Waals surface area contributed by atoms with Crippen LogP contribution in [0.25, 0.3) is 0 Å². The third kappa shape index (κ3) is 20.5. The van der Waals surface area contributed by atoms with E-state index < -0.39 is 65.2 Å². The first-order chi connectivity index (χ1) is 17.4. The monoisotopic (exact) mass is 562 g/mol. The van der Waals surface area contributed by atoms with Crippen LogP contribution in [0.3, 0.4) is 0 Å². The van der Waals surface area contributed by atoms with Gasteiger partial charge in [0.2, 0.25) is 0 Å². The maximum absolute atomic E-state index is 5.89. The molecule has 0 saturated heterocycles. The molecule has 37 heavy (non-hydrogen) atoms. The summed E-state index contributed by atoms with van der Waals surface area (Å²) >= 11 is 0. The summed E-state index contributed by atoms with van der Waals surface area (Å²) in [6, 6.07) is 0. The van der Waals surface area contributed by atoms with Crippen LogP contribution in [0.5, 0.6) is 0 Å². The van der Waals surface area contributed by atoms with Crippen molar-refractivity contribution < 1.29 is 56.2 Å². The second kappa shape index (κ2) is 21.7. The zero-order chi connectivity index (χ0) is 28.4.